The van der Waals surface area contributed by atoms with Crippen molar-refractivity contribution in [1.29, 1.82) is 0 Å². The molecular formula is C27H39NO7. The molecule has 0 aromatic heterocycles. The average molecular weight is 490 g/mol. The van der Waals surface area contributed by atoms with Gasteiger partial charge in [-0.15, -0.1) is 0 Å². The zero-order valence-electron chi connectivity index (χ0n) is 21.2. The summed E-state index contributed by atoms with van der Waals surface area (Å²) in [4.78, 5) is 48.6. The number of methoxy groups -OCH3 is 1. The second kappa shape index (κ2) is 14.1. The zero-order valence-corrected chi connectivity index (χ0v) is 21.2. The number of amides is 2. The van der Waals surface area contributed by atoms with Gasteiger partial charge in [0.1, 0.15) is 18.0 Å². The largest absolute Gasteiger partial charge is 0.454 e. The van der Waals surface area contributed by atoms with Crippen LogP contribution in [0.4, 0.5) is 0 Å². The average Bonchev–Trinajstić information content (AvgIpc) is 2.79. The Morgan fingerprint density at radius 1 is 1.20 bits per heavy atom. The molecule has 2 heterocycles. The highest BCUT2D eigenvalue weighted by molar-refractivity contribution is 5.97. The maximum atomic E-state index is 13.0. The number of esters is 1. The van der Waals surface area contributed by atoms with E-state index in [1.165, 1.54) is 6.08 Å². The van der Waals surface area contributed by atoms with Gasteiger partial charge in [0.2, 0.25) is 11.8 Å². The fourth-order valence-corrected chi connectivity index (χ4v) is 4.61. The van der Waals surface area contributed by atoms with Crippen LogP contribution in [0.1, 0.15) is 65.7 Å². The molecule has 0 aromatic carbocycles. The number of rotatable bonds is 7. The molecule has 5 atom stereocenters. The molecule has 1 fully saturated rings. The molecule has 2 amide bonds. The van der Waals surface area contributed by atoms with E-state index in [-0.39, 0.29) is 35.9 Å². The SMILES string of the molecule is CO[C@H]1/C=C/CC/C=C/C(=O)O[C@H]([C@H](C)C(=O)CCCC2CC(=O)NC(=O)C2)/C(C)=C\[C@H](C)[C@@H]1O. The normalized spacial score (nSPS) is 31.3. The van der Waals surface area contributed by atoms with Gasteiger partial charge in [0.25, 0.3) is 0 Å². The smallest absolute Gasteiger partial charge is 0.331 e. The summed E-state index contributed by atoms with van der Waals surface area (Å²) >= 11 is 0. The first kappa shape index (κ1) is 28.7. The molecule has 0 bridgehead atoms. The van der Waals surface area contributed by atoms with Crippen LogP contribution >= 0.6 is 0 Å². The molecule has 8 heteroatoms. The van der Waals surface area contributed by atoms with Crippen molar-refractivity contribution in [2.24, 2.45) is 17.8 Å². The minimum absolute atomic E-state index is 0.0524. The van der Waals surface area contributed by atoms with Crippen molar-refractivity contribution in [3.05, 3.63) is 36.0 Å². The molecule has 8 nitrogen and oxygen atoms in total. The highest BCUT2D eigenvalue weighted by Crippen LogP contribution is 2.25. The van der Waals surface area contributed by atoms with Crippen LogP contribution in [-0.2, 0) is 28.7 Å². The van der Waals surface area contributed by atoms with E-state index in [0.717, 1.165) is 0 Å². The van der Waals surface area contributed by atoms with E-state index in [1.54, 1.807) is 27.0 Å². The monoisotopic (exact) mass is 489 g/mol. The molecule has 2 aliphatic rings. The molecule has 0 aromatic rings. The summed E-state index contributed by atoms with van der Waals surface area (Å²) in [5, 5.41) is 13.1. The molecular weight excluding hydrogens is 450 g/mol. The number of piperidine rings is 1. The molecule has 2 N–H and O–H groups in total. The predicted molar refractivity (Wildman–Crippen MR) is 131 cm³/mol. The number of aliphatic hydroxyl groups excluding tert-OH is 1. The molecule has 35 heavy (non-hydrogen) atoms. The Balaban J connectivity index is 2.11. The minimum Gasteiger partial charge on any atom is -0.454 e. The Labute approximate surface area is 207 Å². The van der Waals surface area contributed by atoms with E-state index in [0.29, 0.717) is 44.1 Å². The van der Waals surface area contributed by atoms with Crippen LogP contribution in [0.2, 0.25) is 0 Å². The number of ketones is 1. The van der Waals surface area contributed by atoms with E-state index < -0.39 is 30.2 Å². The number of imide groups is 1. The molecule has 0 radical (unpaired) electrons. The summed E-state index contributed by atoms with van der Waals surface area (Å²) in [5.41, 5.74) is 0.685. The fourth-order valence-electron chi connectivity index (χ4n) is 4.61. The number of nitrogens with one attached hydrogen (secondary N) is 1. The Kier molecular flexibility index (Phi) is 11.5. The van der Waals surface area contributed by atoms with Crippen molar-refractivity contribution in [1.82, 2.24) is 5.32 Å². The van der Waals surface area contributed by atoms with Crippen LogP contribution < -0.4 is 5.32 Å². The summed E-state index contributed by atoms with van der Waals surface area (Å²) in [6.45, 7) is 5.39. The molecule has 2 aliphatic heterocycles. The number of hydrogen-bond donors (Lipinski definition) is 2. The van der Waals surface area contributed by atoms with Crippen LogP contribution in [0, 0.1) is 17.8 Å². The number of carbonyl (C=O) groups is 4. The number of allylic oxidation sites excluding steroid dienone is 2. The lowest BCUT2D eigenvalue weighted by atomic mass is 9.86. The molecule has 1 saturated heterocycles. The van der Waals surface area contributed by atoms with E-state index in [4.69, 9.17) is 9.47 Å². The van der Waals surface area contributed by atoms with Gasteiger partial charge in [-0.2, -0.15) is 0 Å². The summed E-state index contributed by atoms with van der Waals surface area (Å²) in [6, 6.07) is 0. The Hall–Kier alpha value is -2.58. The third-order valence-electron chi connectivity index (χ3n) is 6.67. The maximum absolute atomic E-state index is 13.0. The quantitative estimate of drug-likeness (QED) is 0.320. The van der Waals surface area contributed by atoms with Gasteiger partial charge in [0, 0.05) is 38.4 Å². The van der Waals surface area contributed by atoms with E-state index in [1.807, 2.05) is 25.2 Å². The summed E-state index contributed by atoms with van der Waals surface area (Å²) < 4.78 is 11.1. The van der Waals surface area contributed by atoms with Crippen LogP contribution in [0.5, 0.6) is 0 Å². The Morgan fingerprint density at radius 2 is 1.86 bits per heavy atom. The third kappa shape index (κ3) is 9.18. The van der Waals surface area contributed by atoms with Crippen molar-refractivity contribution < 1.29 is 33.8 Å². The van der Waals surface area contributed by atoms with Gasteiger partial charge in [0.15, 0.2) is 0 Å². The minimum atomic E-state index is -0.803. The summed E-state index contributed by atoms with van der Waals surface area (Å²) in [6.07, 6.45) is 9.96. The molecule has 0 saturated carbocycles. The number of aliphatic hydroxyl groups is 1. The maximum Gasteiger partial charge on any atom is 0.331 e. The lowest BCUT2D eigenvalue weighted by molar-refractivity contribution is -0.145. The molecule has 0 aliphatic carbocycles. The van der Waals surface area contributed by atoms with Crippen LogP contribution in [-0.4, -0.2) is 54.1 Å². The van der Waals surface area contributed by atoms with Gasteiger partial charge in [-0.05, 0) is 44.1 Å². The van der Waals surface area contributed by atoms with Gasteiger partial charge in [0.05, 0.1) is 12.0 Å². The summed E-state index contributed by atoms with van der Waals surface area (Å²) in [5.74, 6) is -2.06. The van der Waals surface area contributed by atoms with Gasteiger partial charge in [-0.3, -0.25) is 19.7 Å². The second-order valence-electron chi connectivity index (χ2n) is 9.62. The van der Waals surface area contributed by atoms with Gasteiger partial charge >= 0.3 is 5.97 Å². The number of hydrogen-bond acceptors (Lipinski definition) is 7. The van der Waals surface area contributed by atoms with Crippen molar-refractivity contribution in [3.8, 4) is 0 Å². The number of carbonyl (C=O) groups excluding carboxylic acids is 4. The fraction of sp³-hybridized carbons (Fsp3) is 0.630. The lowest BCUT2D eigenvalue weighted by Crippen LogP contribution is -2.38. The van der Waals surface area contributed by atoms with E-state index in [2.05, 4.69) is 5.32 Å². The van der Waals surface area contributed by atoms with E-state index >= 15 is 0 Å². The standard InChI is InChI=1S/C27H39NO7/c1-17-14-18(2)27(35-25(32)13-8-6-5-7-12-22(34-4)26(17)33)19(3)21(29)11-9-10-20-15-23(30)28-24(31)16-20/h7-8,12-14,17,19-20,22,26-27,33H,5-6,9-11,15-16H2,1-4H3,(H,28,30,31)/b12-7+,13-8+,18-14-/t17-,19+,22-,26-,27-/m0/s1. The Bertz CT molecular complexity index is 844. The highest BCUT2D eigenvalue weighted by Gasteiger charge is 2.31. The first-order valence-corrected chi connectivity index (χ1v) is 12.4. The number of ether oxygens (including phenoxy) is 2. The Morgan fingerprint density at radius 3 is 2.51 bits per heavy atom. The highest BCUT2D eigenvalue weighted by atomic mass is 16.5. The molecule has 2 rings (SSSR count). The molecule has 0 spiro atoms. The van der Waals surface area contributed by atoms with Crippen molar-refractivity contribution in [2.75, 3.05) is 7.11 Å². The molecule has 0 unspecified atom stereocenters. The van der Waals surface area contributed by atoms with Gasteiger partial charge in [-0.1, -0.05) is 38.2 Å². The van der Waals surface area contributed by atoms with Crippen molar-refractivity contribution >= 4 is 23.6 Å². The first-order chi connectivity index (χ1) is 16.6. The number of cyclic esters (lactones) is 1. The van der Waals surface area contributed by atoms with Gasteiger partial charge < -0.3 is 14.6 Å². The van der Waals surface area contributed by atoms with E-state index in [9.17, 15) is 24.3 Å². The van der Waals surface area contributed by atoms with Crippen molar-refractivity contribution in [2.45, 2.75) is 84.0 Å². The van der Waals surface area contributed by atoms with Crippen LogP contribution in [0.15, 0.2) is 36.0 Å². The zero-order chi connectivity index (χ0) is 26.0. The predicted octanol–water partition coefficient (Wildman–Crippen LogP) is 3.19. The van der Waals surface area contributed by atoms with Crippen molar-refractivity contribution in [3.63, 3.8) is 0 Å². The third-order valence-corrected chi connectivity index (χ3v) is 6.67. The first-order valence-electron chi connectivity index (χ1n) is 12.4. The van der Waals surface area contributed by atoms with Gasteiger partial charge in [-0.25, -0.2) is 4.79 Å². The number of Topliss-reactive ketones (excluding diaryl/α,β-unsaturated/α-hetero) is 1. The molecule has 194 valence electrons. The second-order valence-corrected chi connectivity index (χ2v) is 9.62. The van der Waals surface area contributed by atoms with Crippen LogP contribution in [0.3, 0.4) is 0 Å². The van der Waals surface area contributed by atoms with Crippen LogP contribution in [0.25, 0.3) is 0 Å². The lowest BCUT2D eigenvalue weighted by Gasteiger charge is -2.27. The topological polar surface area (TPSA) is 119 Å². The summed E-state index contributed by atoms with van der Waals surface area (Å²) in [7, 11) is 1.55.